The Balaban J connectivity index is 1.59. The fraction of sp³-hybridized carbons (Fsp3) is 0.417. The highest BCUT2D eigenvalue weighted by Gasteiger charge is 2.49. The van der Waals surface area contributed by atoms with Gasteiger partial charge in [-0.05, 0) is 61.4 Å². The first-order valence-electron chi connectivity index (χ1n) is 11.0. The highest BCUT2D eigenvalue weighted by molar-refractivity contribution is 7.15. The van der Waals surface area contributed by atoms with Gasteiger partial charge >= 0.3 is 12.1 Å². The molecule has 0 unspecified atom stereocenters. The van der Waals surface area contributed by atoms with Crippen LogP contribution >= 0.6 is 11.3 Å². The molecular weight excluding hydrogens is 481 g/mol. The molecule has 2 atom stereocenters. The summed E-state index contributed by atoms with van der Waals surface area (Å²) in [6, 6.07) is 5.32. The Hall–Kier alpha value is -3.05. The van der Waals surface area contributed by atoms with Gasteiger partial charge in [-0.1, -0.05) is 13.8 Å². The van der Waals surface area contributed by atoms with Gasteiger partial charge < -0.3 is 15.5 Å². The van der Waals surface area contributed by atoms with E-state index in [9.17, 15) is 28.2 Å². The lowest BCUT2D eigenvalue weighted by atomic mass is 9.63. The van der Waals surface area contributed by atoms with Crippen molar-refractivity contribution in [2.75, 3.05) is 5.32 Å². The summed E-state index contributed by atoms with van der Waals surface area (Å²) in [6.07, 6.45) is -0.910. The smallest absolute Gasteiger partial charge is 0.416 e. The summed E-state index contributed by atoms with van der Waals surface area (Å²) < 4.78 is 39.1. The summed E-state index contributed by atoms with van der Waals surface area (Å²) in [5, 5.41) is 24.2. The van der Waals surface area contributed by atoms with Crippen LogP contribution in [0.4, 0.5) is 24.8 Å². The maximum atomic E-state index is 13.0. The van der Waals surface area contributed by atoms with Crippen molar-refractivity contribution in [2.24, 2.45) is 11.3 Å². The normalized spacial score (nSPS) is 22.1. The third kappa shape index (κ3) is 5.30. The second-order valence-electron chi connectivity index (χ2n) is 9.62. The van der Waals surface area contributed by atoms with Gasteiger partial charge in [-0.2, -0.15) is 13.2 Å². The minimum Gasteiger partial charge on any atom is -0.481 e. The maximum Gasteiger partial charge on any atom is 0.416 e. The van der Waals surface area contributed by atoms with Crippen LogP contribution in [-0.4, -0.2) is 31.1 Å². The fourth-order valence-corrected chi connectivity index (χ4v) is 5.64. The average Bonchev–Trinajstić information content (AvgIpc) is 3.23. The van der Waals surface area contributed by atoms with E-state index in [0.29, 0.717) is 27.8 Å². The van der Waals surface area contributed by atoms with Gasteiger partial charge in [-0.25, -0.2) is 15.0 Å². The average molecular weight is 507 g/mol. The second kappa shape index (κ2) is 8.87. The van der Waals surface area contributed by atoms with Gasteiger partial charge in [0.15, 0.2) is 0 Å². The number of aliphatic hydroxyl groups is 1. The van der Waals surface area contributed by atoms with Gasteiger partial charge in [-0.3, -0.25) is 4.79 Å². The summed E-state index contributed by atoms with van der Waals surface area (Å²) in [4.78, 5) is 25.2. The van der Waals surface area contributed by atoms with Crippen molar-refractivity contribution >= 4 is 28.9 Å². The van der Waals surface area contributed by atoms with Crippen LogP contribution < -0.4 is 5.32 Å². The molecule has 0 saturated heterocycles. The molecule has 35 heavy (non-hydrogen) atoms. The van der Waals surface area contributed by atoms with Crippen LogP contribution in [0, 0.1) is 18.3 Å². The molecule has 0 aliphatic heterocycles. The van der Waals surface area contributed by atoms with E-state index in [1.54, 1.807) is 12.3 Å². The summed E-state index contributed by atoms with van der Waals surface area (Å²) in [6.45, 7) is 5.51. The van der Waals surface area contributed by atoms with Gasteiger partial charge in [0.2, 0.25) is 0 Å². The molecule has 0 radical (unpaired) electrons. The van der Waals surface area contributed by atoms with Gasteiger partial charge in [-0.15, -0.1) is 11.3 Å². The molecule has 0 bridgehead atoms. The number of anilines is 2. The minimum atomic E-state index is -4.48. The number of nitrogens with one attached hydrogen (secondary N) is 1. The Labute approximate surface area is 204 Å². The minimum absolute atomic E-state index is 0.0144. The Morgan fingerprint density at radius 2 is 1.94 bits per heavy atom. The van der Waals surface area contributed by atoms with Crippen LogP contribution in [0.15, 0.2) is 36.7 Å². The number of alkyl halides is 3. The number of carbonyl (C=O) groups is 1. The molecule has 1 aliphatic rings. The summed E-state index contributed by atoms with van der Waals surface area (Å²) >= 11 is 1.27. The third-order valence-electron chi connectivity index (χ3n) is 6.31. The number of carboxylic acids is 1. The van der Waals surface area contributed by atoms with E-state index in [4.69, 9.17) is 0 Å². The number of rotatable bonds is 5. The number of nitrogens with zero attached hydrogens (tertiary/aromatic N) is 3. The lowest BCUT2D eigenvalue weighted by Gasteiger charge is -2.44. The Kier molecular flexibility index (Phi) is 6.35. The molecule has 0 aromatic carbocycles. The van der Waals surface area contributed by atoms with Crippen molar-refractivity contribution in [3.63, 3.8) is 0 Å². The monoisotopic (exact) mass is 506 g/mol. The van der Waals surface area contributed by atoms with Crippen molar-refractivity contribution in [1.82, 2.24) is 15.0 Å². The Morgan fingerprint density at radius 1 is 1.20 bits per heavy atom. The summed E-state index contributed by atoms with van der Waals surface area (Å²) in [5.41, 5.74) is -1.30. The Morgan fingerprint density at radius 3 is 2.60 bits per heavy atom. The molecule has 3 aromatic rings. The van der Waals surface area contributed by atoms with Crippen LogP contribution in [0.1, 0.15) is 49.2 Å². The van der Waals surface area contributed by atoms with Gasteiger partial charge in [0.05, 0.1) is 22.1 Å². The van der Waals surface area contributed by atoms with Crippen molar-refractivity contribution in [3.05, 3.63) is 52.8 Å². The summed E-state index contributed by atoms with van der Waals surface area (Å²) in [5.74, 6) is -1.07. The summed E-state index contributed by atoms with van der Waals surface area (Å²) in [7, 11) is 0. The molecule has 3 aromatic heterocycles. The first kappa shape index (κ1) is 25.1. The third-order valence-corrected chi connectivity index (χ3v) is 7.52. The quantitative estimate of drug-likeness (QED) is 0.403. The van der Waals surface area contributed by atoms with Crippen LogP contribution in [0.2, 0.25) is 0 Å². The molecule has 7 nitrogen and oxygen atoms in total. The number of aromatic nitrogens is 3. The van der Waals surface area contributed by atoms with Crippen LogP contribution in [0.3, 0.4) is 0 Å². The van der Waals surface area contributed by atoms with Crippen molar-refractivity contribution < 1.29 is 28.2 Å². The molecule has 0 amide bonds. The molecule has 3 N–H and O–H groups in total. The van der Waals surface area contributed by atoms with Crippen molar-refractivity contribution in [3.8, 4) is 10.6 Å². The van der Waals surface area contributed by atoms with Crippen LogP contribution in [-0.2, 0) is 16.6 Å². The number of pyridine rings is 2. The van der Waals surface area contributed by atoms with Crippen molar-refractivity contribution in [1.29, 1.82) is 0 Å². The van der Waals surface area contributed by atoms with Gasteiger partial charge in [0, 0.05) is 12.4 Å². The molecule has 0 spiro atoms. The number of halogens is 3. The predicted octanol–water partition coefficient (Wildman–Crippen LogP) is 5.77. The SMILES string of the molecule is Cc1cc(Nc2cc(C(F)(F)F)ccn2)nc(-c2cnc([C@@]3(O)CC[C@@H](C(=O)O)C(C)(C)C3)s2)c1. The number of hydrogen-bond acceptors (Lipinski definition) is 7. The standard InChI is InChI=1S/C24H25F3N4O3S/c1-13-8-16(30-19(9-13)31-18-10-14(5-7-28-18)24(25,26)27)17-11-29-21(35-17)23(34)6-4-15(20(32)33)22(2,3)12-23/h5,7-11,15,34H,4,6,12H2,1-3H3,(H,32,33)(H,28,30,31)/t15-,23+/m0/s1. The molecule has 1 aliphatic carbocycles. The van der Waals surface area contributed by atoms with E-state index in [0.717, 1.165) is 23.9 Å². The zero-order valence-corrected chi connectivity index (χ0v) is 20.2. The predicted molar refractivity (Wildman–Crippen MR) is 125 cm³/mol. The van der Waals surface area contributed by atoms with E-state index < -0.39 is 34.6 Å². The van der Waals surface area contributed by atoms with Gasteiger partial charge in [0.25, 0.3) is 0 Å². The van der Waals surface area contributed by atoms with E-state index in [1.807, 2.05) is 26.8 Å². The second-order valence-corrected chi connectivity index (χ2v) is 10.7. The van der Waals surface area contributed by atoms with E-state index in [-0.39, 0.29) is 18.7 Å². The number of aliphatic carboxylic acids is 1. The Bertz CT molecular complexity index is 1260. The van der Waals surface area contributed by atoms with Crippen molar-refractivity contribution in [2.45, 2.75) is 51.8 Å². The molecule has 11 heteroatoms. The molecular formula is C24H25F3N4O3S. The first-order chi connectivity index (χ1) is 16.3. The lowest BCUT2D eigenvalue weighted by Crippen LogP contribution is -2.44. The highest BCUT2D eigenvalue weighted by Crippen LogP contribution is 2.50. The maximum absolute atomic E-state index is 13.0. The van der Waals surface area contributed by atoms with E-state index >= 15 is 0 Å². The van der Waals surface area contributed by atoms with Gasteiger partial charge in [0.1, 0.15) is 22.2 Å². The molecule has 1 saturated carbocycles. The molecule has 1 fully saturated rings. The zero-order valence-electron chi connectivity index (χ0n) is 19.3. The van der Waals surface area contributed by atoms with E-state index in [1.165, 1.54) is 11.3 Å². The zero-order chi connectivity index (χ0) is 25.6. The largest absolute Gasteiger partial charge is 0.481 e. The number of carboxylic acid groups (broad SMARTS) is 1. The first-order valence-corrected chi connectivity index (χ1v) is 11.8. The topological polar surface area (TPSA) is 108 Å². The number of hydrogen-bond donors (Lipinski definition) is 3. The molecule has 186 valence electrons. The van der Waals surface area contributed by atoms with Crippen LogP contribution in [0.5, 0.6) is 0 Å². The van der Waals surface area contributed by atoms with Crippen LogP contribution in [0.25, 0.3) is 10.6 Å². The fourth-order valence-electron chi connectivity index (χ4n) is 4.65. The molecule has 3 heterocycles. The highest BCUT2D eigenvalue weighted by atomic mass is 32.1. The lowest BCUT2D eigenvalue weighted by molar-refractivity contribution is -0.154. The number of thiazole rings is 1. The number of aryl methyl sites for hydroxylation is 1. The molecule has 4 rings (SSSR count). The van der Waals surface area contributed by atoms with E-state index in [2.05, 4.69) is 20.3 Å².